The highest BCUT2D eigenvalue weighted by Gasteiger charge is 2.36. The SMILES string of the molecule is CC(=O)Nc1ccc2c(c1)CN(C(=O)c1ccc(C#N)cc1)[C@H](C(=O)N(C)C)C2. The van der Waals surface area contributed by atoms with E-state index in [1.165, 1.54) is 11.8 Å². The highest BCUT2D eigenvalue weighted by atomic mass is 16.2. The lowest BCUT2D eigenvalue weighted by molar-refractivity contribution is -0.134. The number of fused-ring (bicyclic) bond motifs is 1. The van der Waals surface area contributed by atoms with Crippen molar-refractivity contribution in [1.82, 2.24) is 9.80 Å². The molecule has 2 aromatic rings. The molecular weight excluding hydrogens is 368 g/mol. The molecule has 148 valence electrons. The van der Waals surface area contributed by atoms with Crippen molar-refractivity contribution in [2.24, 2.45) is 0 Å². The molecule has 7 heteroatoms. The Kier molecular flexibility index (Phi) is 5.64. The van der Waals surface area contributed by atoms with Crippen molar-refractivity contribution in [2.45, 2.75) is 25.9 Å². The van der Waals surface area contributed by atoms with Gasteiger partial charge in [-0.25, -0.2) is 0 Å². The van der Waals surface area contributed by atoms with E-state index in [-0.39, 0.29) is 24.3 Å². The van der Waals surface area contributed by atoms with Gasteiger partial charge in [0.2, 0.25) is 11.8 Å². The summed E-state index contributed by atoms with van der Waals surface area (Å²) in [6.07, 6.45) is 0.398. The molecule has 1 heterocycles. The first-order valence-corrected chi connectivity index (χ1v) is 9.22. The number of carbonyl (C=O) groups excluding carboxylic acids is 3. The second-order valence-electron chi connectivity index (χ2n) is 7.24. The van der Waals surface area contributed by atoms with Crippen LogP contribution in [0, 0.1) is 11.3 Å². The second kappa shape index (κ2) is 8.15. The number of rotatable bonds is 3. The van der Waals surface area contributed by atoms with Gasteiger partial charge >= 0.3 is 0 Å². The van der Waals surface area contributed by atoms with Gasteiger partial charge in [-0.1, -0.05) is 6.07 Å². The maximum absolute atomic E-state index is 13.2. The Morgan fingerprint density at radius 1 is 1.10 bits per heavy atom. The number of nitrogens with zero attached hydrogens (tertiary/aromatic N) is 3. The molecule has 1 aliphatic rings. The third-order valence-corrected chi connectivity index (χ3v) is 4.90. The number of anilines is 1. The van der Waals surface area contributed by atoms with Gasteiger partial charge in [0.05, 0.1) is 11.6 Å². The first kappa shape index (κ1) is 20.1. The van der Waals surface area contributed by atoms with Gasteiger partial charge in [-0.2, -0.15) is 5.26 Å². The third-order valence-electron chi connectivity index (χ3n) is 4.90. The van der Waals surface area contributed by atoms with E-state index in [2.05, 4.69) is 5.32 Å². The number of hydrogen-bond donors (Lipinski definition) is 1. The Labute approximate surface area is 169 Å². The predicted molar refractivity (Wildman–Crippen MR) is 108 cm³/mol. The van der Waals surface area contributed by atoms with Crippen molar-refractivity contribution in [3.63, 3.8) is 0 Å². The van der Waals surface area contributed by atoms with Gasteiger partial charge in [0, 0.05) is 45.2 Å². The maximum Gasteiger partial charge on any atom is 0.254 e. The van der Waals surface area contributed by atoms with Crippen molar-refractivity contribution in [1.29, 1.82) is 5.26 Å². The van der Waals surface area contributed by atoms with Crippen LogP contribution in [0.1, 0.15) is 34.0 Å². The molecule has 0 unspecified atom stereocenters. The summed E-state index contributed by atoms with van der Waals surface area (Å²) in [5.41, 5.74) is 3.40. The molecule has 0 radical (unpaired) electrons. The molecule has 29 heavy (non-hydrogen) atoms. The van der Waals surface area contributed by atoms with Gasteiger partial charge in [0.15, 0.2) is 0 Å². The minimum absolute atomic E-state index is 0.149. The zero-order valence-corrected chi connectivity index (χ0v) is 16.6. The number of likely N-dealkylation sites (N-methyl/N-ethyl adjacent to an activating group) is 1. The number of benzene rings is 2. The topological polar surface area (TPSA) is 93.5 Å². The van der Waals surface area contributed by atoms with E-state index in [9.17, 15) is 14.4 Å². The fraction of sp³-hybridized carbons (Fsp3) is 0.273. The molecule has 3 amide bonds. The van der Waals surface area contributed by atoms with Crippen LogP contribution >= 0.6 is 0 Å². The summed E-state index contributed by atoms with van der Waals surface area (Å²) >= 11 is 0. The largest absolute Gasteiger partial charge is 0.347 e. The third kappa shape index (κ3) is 4.27. The first-order valence-electron chi connectivity index (χ1n) is 9.22. The monoisotopic (exact) mass is 390 g/mol. The smallest absolute Gasteiger partial charge is 0.254 e. The lowest BCUT2D eigenvalue weighted by Crippen LogP contribution is -2.52. The molecule has 0 spiro atoms. The molecule has 0 aliphatic carbocycles. The second-order valence-corrected chi connectivity index (χ2v) is 7.24. The summed E-state index contributed by atoms with van der Waals surface area (Å²) in [4.78, 5) is 40.4. The quantitative estimate of drug-likeness (QED) is 0.869. The van der Waals surface area contributed by atoms with Gasteiger partial charge in [0.1, 0.15) is 6.04 Å². The van der Waals surface area contributed by atoms with Gasteiger partial charge in [-0.3, -0.25) is 14.4 Å². The van der Waals surface area contributed by atoms with Crippen LogP contribution in [0.4, 0.5) is 5.69 Å². The standard InChI is InChI=1S/C22H22N4O3/c1-14(27)24-19-9-8-17-11-20(22(29)25(2)3)26(13-18(17)10-19)21(28)16-6-4-15(12-23)5-7-16/h4-10,20H,11,13H2,1-3H3,(H,24,27)/t20-/m0/s1. The van der Waals surface area contributed by atoms with Gasteiger partial charge in [-0.05, 0) is 47.5 Å². The molecule has 0 bridgehead atoms. The average molecular weight is 390 g/mol. The average Bonchev–Trinajstić information content (AvgIpc) is 2.71. The van der Waals surface area contributed by atoms with E-state index in [1.54, 1.807) is 49.3 Å². The number of nitrogens with one attached hydrogen (secondary N) is 1. The number of hydrogen-bond acceptors (Lipinski definition) is 4. The summed E-state index contributed by atoms with van der Waals surface area (Å²) in [5, 5.41) is 11.7. The van der Waals surface area contributed by atoms with Crippen LogP contribution in [0.2, 0.25) is 0 Å². The van der Waals surface area contributed by atoms with E-state index in [0.717, 1.165) is 11.1 Å². The molecule has 0 aromatic heterocycles. The molecular formula is C22H22N4O3. The zero-order chi connectivity index (χ0) is 21.1. The Morgan fingerprint density at radius 3 is 2.38 bits per heavy atom. The van der Waals surface area contributed by atoms with Gasteiger partial charge < -0.3 is 15.1 Å². The number of carbonyl (C=O) groups is 3. The van der Waals surface area contributed by atoms with Crippen LogP contribution in [0.25, 0.3) is 0 Å². The first-order chi connectivity index (χ1) is 13.8. The Morgan fingerprint density at radius 2 is 1.79 bits per heavy atom. The molecule has 1 aliphatic heterocycles. The van der Waals surface area contributed by atoms with Crippen molar-refractivity contribution >= 4 is 23.4 Å². The van der Waals surface area contributed by atoms with E-state index < -0.39 is 6.04 Å². The van der Waals surface area contributed by atoms with Crippen LogP contribution in [-0.4, -0.2) is 47.7 Å². The van der Waals surface area contributed by atoms with Gasteiger partial charge in [0.25, 0.3) is 5.91 Å². The minimum atomic E-state index is -0.618. The number of nitriles is 1. The molecule has 1 atom stereocenters. The highest BCUT2D eigenvalue weighted by Crippen LogP contribution is 2.28. The zero-order valence-electron chi connectivity index (χ0n) is 16.6. The van der Waals surface area contributed by atoms with Crippen LogP contribution in [0.5, 0.6) is 0 Å². The van der Waals surface area contributed by atoms with Crippen molar-refractivity contribution < 1.29 is 14.4 Å². The summed E-state index contributed by atoms with van der Waals surface area (Å²) in [6, 6.07) is 13.3. The lowest BCUT2D eigenvalue weighted by atomic mass is 9.92. The van der Waals surface area contributed by atoms with E-state index >= 15 is 0 Å². The van der Waals surface area contributed by atoms with Crippen molar-refractivity contribution in [3.8, 4) is 6.07 Å². The molecule has 0 fully saturated rings. The molecule has 1 N–H and O–H groups in total. The molecule has 0 saturated heterocycles. The summed E-state index contributed by atoms with van der Waals surface area (Å²) in [7, 11) is 3.34. The summed E-state index contributed by atoms with van der Waals surface area (Å²) in [6.45, 7) is 1.69. The van der Waals surface area contributed by atoms with Crippen molar-refractivity contribution in [2.75, 3.05) is 19.4 Å². The van der Waals surface area contributed by atoms with Crippen LogP contribution < -0.4 is 5.32 Å². The molecule has 3 rings (SSSR count). The highest BCUT2D eigenvalue weighted by molar-refractivity contribution is 5.98. The Bertz CT molecular complexity index is 1010. The lowest BCUT2D eigenvalue weighted by Gasteiger charge is -2.37. The fourth-order valence-corrected chi connectivity index (χ4v) is 3.45. The Hall–Kier alpha value is -3.66. The molecule has 0 saturated carbocycles. The fourth-order valence-electron chi connectivity index (χ4n) is 3.45. The minimum Gasteiger partial charge on any atom is -0.347 e. The van der Waals surface area contributed by atoms with Crippen LogP contribution in [0.3, 0.4) is 0 Å². The van der Waals surface area contributed by atoms with Gasteiger partial charge in [-0.15, -0.1) is 0 Å². The predicted octanol–water partition coefficient (Wildman–Crippen LogP) is 2.17. The van der Waals surface area contributed by atoms with E-state index in [0.29, 0.717) is 23.2 Å². The normalized spacial score (nSPS) is 15.1. The van der Waals surface area contributed by atoms with Crippen LogP contribution in [0.15, 0.2) is 42.5 Å². The Balaban J connectivity index is 1.97. The molecule has 2 aromatic carbocycles. The van der Waals surface area contributed by atoms with Crippen molar-refractivity contribution in [3.05, 3.63) is 64.7 Å². The maximum atomic E-state index is 13.2. The van der Waals surface area contributed by atoms with E-state index in [1.807, 2.05) is 18.2 Å². The molecule has 7 nitrogen and oxygen atoms in total. The van der Waals surface area contributed by atoms with E-state index in [4.69, 9.17) is 5.26 Å². The summed E-state index contributed by atoms with van der Waals surface area (Å²) < 4.78 is 0. The number of amides is 3. The summed E-state index contributed by atoms with van der Waals surface area (Å²) in [5.74, 6) is -0.596. The van der Waals surface area contributed by atoms with Crippen LogP contribution in [-0.2, 0) is 22.6 Å².